The average molecular weight is 288 g/mol. The van der Waals surface area contributed by atoms with Crippen LogP contribution in [0.3, 0.4) is 0 Å². The summed E-state index contributed by atoms with van der Waals surface area (Å²) in [4.78, 5) is 16.5. The quantitative estimate of drug-likeness (QED) is 0.850. The van der Waals surface area contributed by atoms with E-state index in [2.05, 4.69) is 40.4 Å². The number of hydrogen-bond donors (Lipinski definition) is 2. The van der Waals surface area contributed by atoms with Crippen LogP contribution in [0.2, 0.25) is 0 Å². The van der Waals surface area contributed by atoms with Crippen molar-refractivity contribution in [2.75, 3.05) is 44.7 Å². The molecule has 1 atom stereocenters. The summed E-state index contributed by atoms with van der Waals surface area (Å²) in [6.45, 7) is 4.75. The van der Waals surface area contributed by atoms with E-state index in [9.17, 15) is 4.79 Å². The first-order valence-electron chi connectivity index (χ1n) is 7.75. The monoisotopic (exact) mass is 288 g/mol. The molecule has 2 aliphatic rings. The number of nitrogens with zero attached hydrogens (tertiary/aromatic N) is 2. The lowest BCUT2D eigenvalue weighted by atomic mass is 10.00. The Balaban J connectivity index is 1.89. The second kappa shape index (κ2) is 6.03. The van der Waals surface area contributed by atoms with Crippen LogP contribution in [0.5, 0.6) is 0 Å². The molecule has 2 heterocycles. The molecule has 0 aliphatic carbocycles. The van der Waals surface area contributed by atoms with Gasteiger partial charge in [-0.1, -0.05) is 12.1 Å². The molecule has 5 heteroatoms. The van der Waals surface area contributed by atoms with Crippen molar-refractivity contribution in [3.63, 3.8) is 0 Å². The summed E-state index contributed by atoms with van der Waals surface area (Å²) >= 11 is 0. The zero-order valence-electron chi connectivity index (χ0n) is 12.6. The number of primary amides is 1. The minimum atomic E-state index is -0.305. The number of likely N-dealkylation sites (N-methyl/N-ethyl adjacent to an activating group) is 1. The highest BCUT2D eigenvalue weighted by atomic mass is 16.1. The summed E-state index contributed by atoms with van der Waals surface area (Å²) in [6.07, 6.45) is 2.10. The summed E-state index contributed by atoms with van der Waals surface area (Å²) in [6, 6.07) is 6.06. The Hall–Kier alpha value is -1.59. The van der Waals surface area contributed by atoms with Crippen LogP contribution in [-0.2, 0) is 11.2 Å². The van der Waals surface area contributed by atoms with Crippen LogP contribution in [0.4, 0.5) is 5.69 Å². The van der Waals surface area contributed by atoms with E-state index in [-0.39, 0.29) is 11.9 Å². The van der Waals surface area contributed by atoms with Gasteiger partial charge in [0.15, 0.2) is 0 Å². The molecule has 1 fully saturated rings. The van der Waals surface area contributed by atoms with Crippen molar-refractivity contribution in [2.24, 2.45) is 5.73 Å². The summed E-state index contributed by atoms with van der Waals surface area (Å²) in [5, 5.41) is 3.37. The SMILES string of the molecule is CN1CCc2cc(C(C(N)=O)N3CCCNCC3)ccc21. The van der Waals surface area contributed by atoms with E-state index in [1.165, 1.54) is 11.3 Å². The van der Waals surface area contributed by atoms with E-state index in [0.717, 1.165) is 51.1 Å². The van der Waals surface area contributed by atoms with Gasteiger partial charge in [-0.25, -0.2) is 0 Å². The number of carbonyl (C=O) groups excluding carboxylic acids is 1. The molecule has 21 heavy (non-hydrogen) atoms. The number of amides is 1. The van der Waals surface area contributed by atoms with Crippen molar-refractivity contribution in [1.29, 1.82) is 0 Å². The molecule has 1 unspecified atom stereocenters. The van der Waals surface area contributed by atoms with Crippen molar-refractivity contribution < 1.29 is 4.79 Å². The third kappa shape index (κ3) is 2.89. The number of nitrogens with two attached hydrogens (primary N) is 1. The van der Waals surface area contributed by atoms with E-state index in [1.807, 2.05) is 0 Å². The molecule has 0 spiro atoms. The molecule has 3 rings (SSSR count). The standard InChI is InChI=1S/C16H24N4O/c1-19-9-5-12-11-13(3-4-14(12)19)15(16(17)21)20-8-2-6-18-7-10-20/h3-4,11,15,18H,2,5-10H2,1H3,(H2,17,21). The lowest BCUT2D eigenvalue weighted by Crippen LogP contribution is -2.39. The minimum absolute atomic E-state index is 0.247. The fourth-order valence-corrected chi connectivity index (χ4v) is 3.44. The van der Waals surface area contributed by atoms with E-state index < -0.39 is 0 Å². The van der Waals surface area contributed by atoms with Gasteiger partial charge in [0.1, 0.15) is 6.04 Å². The molecule has 3 N–H and O–H groups in total. The van der Waals surface area contributed by atoms with Gasteiger partial charge in [0.2, 0.25) is 5.91 Å². The zero-order chi connectivity index (χ0) is 14.8. The first-order valence-corrected chi connectivity index (χ1v) is 7.75. The molecule has 0 bridgehead atoms. The molecular formula is C16H24N4O. The maximum atomic E-state index is 12.0. The molecule has 1 aromatic rings. The molecular weight excluding hydrogens is 264 g/mol. The fourth-order valence-electron chi connectivity index (χ4n) is 3.44. The fraction of sp³-hybridized carbons (Fsp3) is 0.562. The van der Waals surface area contributed by atoms with Gasteiger partial charge in [-0.3, -0.25) is 9.69 Å². The normalized spacial score (nSPS) is 20.9. The Labute approximate surface area is 126 Å². The molecule has 1 amide bonds. The third-order valence-electron chi connectivity index (χ3n) is 4.56. The number of carbonyl (C=O) groups is 1. The predicted octanol–water partition coefficient (Wildman–Crippen LogP) is 0.501. The maximum absolute atomic E-state index is 12.0. The van der Waals surface area contributed by atoms with Gasteiger partial charge in [0.25, 0.3) is 0 Å². The second-order valence-corrected chi connectivity index (χ2v) is 6.00. The Morgan fingerprint density at radius 3 is 2.95 bits per heavy atom. The van der Waals surface area contributed by atoms with E-state index in [0.29, 0.717) is 0 Å². The van der Waals surface area contributed by atoms with Crippen molar-refractivity contribution in [3.8, 4) is 0 Å². The lowest BCUT2D eigenvalue weighted by molar-refractivity contribution is -0.123. The van der Waals surface area contributed by atoms with Crippen LogP contribution in [-0.4, -0.2) is 50.6 Å². The summed E-state index contributed by atoms with van der Waals surface area (Å²) < 4.78 is 0. The number of hydrogen-bond acceptors (Lipinski definition) is 4. The number of fused-ring (bicyclic) bond motifs is 1. The van der Waals surface area contributed by atoms with Gasteiger partial charge in [-0.15, -0.1) is 0 Å². The predicted molar refractivity (Wildman–Crippen MR) is 84.4 cm³/mol. The van der Waals surface area contributed by atoms with Gasteiger partial charge < -0.3 is 16.0 Å². The van der Waals surface area contributed by atoms with Crippen LogP contribution in [0, 0.1) is 0 Å². The Bertz CT molecular complexity index is 523. The van der Waals surface area contributed by atoms with Gasteiger partial charge in [-0.2, -0.15) is 0 Å². The smallest absolute Gasteiger partial charge is 0.239 e. The number of rotatable bonds is 3. The summed E-state index contributed by atoms with van der Waals surface area (Å²) in [5.41, 5.74) is 9.36. The highest BCUT2D eigenvalue weighted by Gasteiger charge is 2.27. The summed E-state index contributed by atoms with van der Waals surface area (Å²) in [7, 11) is 2.11. The average Bonchev–Trinajstić information content (AvgIpc) is 2.67. The topological polar surface area (TPSA) is 61.6 Å². The molecule has 1 saturated heterocycles. The van der Waals surface area contributed by atoms with Gasteiger partial charge >= 0.3 is 0 Å². The highest BCUT2D eigenvalue weighted by molar-refractivity contribution is 5.82. The minimum Gasteiger partial charge on any atom is -0.374 e. The van der Waals surface area contributed by atoms with Crippen molar-refractivity contribution >= 4 is 11.6 Å². The third-order valence-corrected chi connectivity index (χ3v) is 4.56. The number of benzene rings is 1. The molecule has 0 radical (unpaired) electrons. The van der Waals surface area contributed by atoms with E-state index >= 15 is 0 Å². The Kier molecular flexibility index (Phi) is 4.12. The van der Waals surface area contributed by atoms with Crippen molar-refractivity contribution in [3.05, 3.63) is 29.3 Å². The van der Waals surface area contributed by atoms with Crippen LogP contribution in [0.1, 0.15) is 23.6 Å². The van der Waals surface area contributed by atoms with Crippen molar-refractivity contribution in [2.45, 2.75) is 18.9 Å². The van der Waals surface area contributed by atoms with Gasteiger partial charge in [-0.05, 0) is 36.6 Å². The van der Waals surface area contributed by atoms with Gasteiger partial charge in [0.05, 0.1) is 0 Å². The van der Waals surface area contributed by atoms with Crippen LogP contribution in [0.15, 0.2) is 18.2 Å². The Morgan fingerprint density at radius 1 is 1.29 bits per heavy atom. The maximum Gasteiger partial charge on any atom is 0.239 e. The largest absolute Gasteiger partial charge is 0.374 e. The lowest BCUT2D eigenvalue weighted by Gasteiger charge is -2.28. The molecule has 0 aromatic heterocycles. The molecule has 1 aromatic carbocycles. The van der Waals surface area contributed by atoms with Gasteiger partial charge in [0, 0.05) is 38.9 Å². The Morgan fingerprint density at radius 2 is 2.14 bits per heavy atom. The molecule has 5 nitrogen and oxygen atoms in total. The number of nitrogens with one attached hydrogen (secondary N) is 1. The van der Waals surface area contributed by atoms with Crippen LogP contribution < -0.4 is 16.0 Å². The first-order chi connectivity index (χ1) is 10.2. The van der Waals surface area contributed by atoms with E-state index in [1.54, 1.807) is 0 Å². The van der Waals surface area contributed by atoms with Crippen LogP contribution in [0.25, 0.3) is 0 Å². The summed E-state index contributed by atoms with van der Waals surface area (Å²) in [5.74, 6) is -0.247. The first kappa shape index (κ1) is 14.4. The highest BCUT2D eigenvalue weighted by Crippen LogP contribution is 2.31. The molecule has 114 valence electrons. The zero-order valence-corrected chi connectivity index (χ0v) is 12.6. The molecule has 2 aliphatic heterocycles. The van der Waals surface area contributed by atoms with Crippen LogP contribution >= 0.6 is 0 Å². The second-order valence-electron chi connectivity index (χ2n) is 6.00. The van der Waals surface area contributed by atoms with E-state index in [4.69, 9.17) is 5.73 Å². The van der Waals surface area contributed by atoms with Crippen molar-refractivity contribution in [1.82, 2.24) is 10.2 Å². The molecule has 0 saturated carbocycles. The number of anilines is 1.